The van der Waals surface area contributed by atoms with Crippen molar-refractivity contribution in [1.29, 1.82) is 0 Å². The van der Waals surface area contributed by atoms with Gasteiger partial charge in [0.2, 0.25) is 0 Å². The normalized spacial score (nSPS) is 10.7. The molecule has 0 fully saturated rings. The molecule has 3 aromatic rings. The van der Waals surface area contributed by atoms with Crippen LogP contribution in [0.2, 0.25) is 15.1 Å². The minimum Gasteiger partial charge on any atom is -0.323 e. The number of carbonyl (C=O) groups is 1. The number of amides is 1. The number of hydrogen-bond donors (Lipinski definition) is 3. The number of nitrogen functional groups attached to an aromatic ring is 1. The van der Waals surface area contributed by atoms with Gasteiger partial charge in [-0.05, 0) is 30.3 Å². The molecule has 0 saturated carbocycles. The van der Waals surface area contributed by atoms with Crippen molar-refractivity contribution in [1.82, 2.24) is 4.98 Å². The van der Waals surface area contributed by atoms with E-state index in [0.29, 0.717) is 27.3 Å². The molecule has 24 heavy (non-hydrogen) atoms. The number of carbonyl (C=O) groups excluding carboxylic acids is 1. The fourth-order valence-corrected chi connectivity index (χ4v) is 3.13. The average molecular weight is 382 g/mol. The third-order valence-electron chi connectivity index (χ3n) is 3.40. The van der Waals surface area contributed by atoms with Gasteiger partial charge in [0.05, 0.1) is 32.5 Å². The predicted molar refractivity (Wildman–Crippen MR) is 99.0 cm³/mol. The summed E-state index contributed by atoms with van der Waals surface area (Å²) in [6.45, 7) is 0. The number of pyridine rings is 1. The number of anilines is 2. The molecule has 122 valence electrons. The highest BCUT2D eigenvalue weighted by Crippen LogP contribution is 2.32. The van der Waals surface area contributed by atoms with Crippen molar-refractivity contribution < 1.29 is 4.79 Å². The smallest absolute Gasteiger partial charge is 0.258 e. The van der Waals surface area contributed by atoms with Crippen LogP contribution in [0.15, 0.2) is 42.6 Å². The second kappa shape index (κ2) is 6.83. The van der Waals surface area contributed by atoms with Crippen molar-refractivity contribution >= 4 is 63.0 Å². The van der Waals surface area contributed by atoms with Crippen molar-refractivity contribution in [3.63, 3.8) is 0 Å². The van der Waals surface area contributed by atoms with Gasteiger partial charge in [-0.2, -0.15) is 0 Å². The van der Waals surface area contributed by atoms with Crippen molar-refractivity contribution in [2.45, 2.75) is 0 Å². The van der Waals surface area contributed by atoms with E-state index >= 15 is 0 Å². The minimum absolute atomic E-state index is 0.182. The van der Waals surface area contributed by atoms with E-state index in [0.717, 1.165) is 0 Å². The summed E-state index contributed by atoms with van der Waals surface area (Å²) in [6, 6.07) is 9.85. The van der Waals surface area contributed by atoms with Crippen LogP contribution >= 0.6 is 34.8 Å². The van der Waals surface area contributed by atoms with Crippen molar-refractivity contribution in [2.75, 3.05) is 10.7 Å². The van der Waals surface area contributed by atoms with E-state index in [4.69, 9.17) is 40.6 Å². The topological polar surface area (TPSA) is 80.0 Å². The van der Waals surface area contributed by atoms with Crippen LogP contribution in [-0.2, 0) is 0 Å². The van der Waals surface area contributed by atoms with Crippen LogP contribution in [0.5, 0.6) is 0 Å². The molecule has 0 aliphatic heterocycles. The van der Waals surface area contributed by atoms with Crippen molar-refractivity contribution in [3.8, 4) is 0 Å². The van der Waals surface area contributed by atoms with E-state index in [1.54, 1.807) is 42.6 Å². The Hall–Kier alpha value is -2.05. The molecule has 0 bridgehead atoms. The van der Waals surface area contributed by atoms with E-state index in [9.17, 15) is 4.79 Å². The Kier molecular flexibility index (Phi) is 4.78. The summed E-state index contributed by atoms with van der Waals surface area (Å²) in [7, 11) is 0. The Morgan fingerprint density at radius 2 is 1.75 bits per heavy atom. The summed E-state index contributed by atoms with van der Waals surface area (Å²) in [5.74, 6) is 5.05. The Morgan fingerprint density at radius 1 is 1.04 bits per heavy atom. The molecule has 5 nitrogen and oxygen atoms in total. The van der Waals surface area contributed by atoms with Crippen LogP contribution in [-0.4, -0.2) is 10.9 Å². The lowest BCUT2D eigenvalue weighted by Gasteiger charge is -2.12. The van der Waals surface area contributed by atoms with Gasteiger partial charge in [-0.1, -0.05) is 40.9 Å². The maximum absolute atomic E-state index is 12.6. The Labute approximate surface area is 152 Å². The summed E-state index contributed by atoms with van der Waals surface area (Å²) in [5.41, 5.74) is 4.35. The molecule has 4 N–H and O–H groups in total. The van der Waals surface area contributed by atoms with E-state index in [1.807, 2.05) is 0 Å². The number of benzene rings is 2. The van der Waals surface area contributed by atoms with Gasteiger partial charge >= 0.3 is 0 Å². The number of rotatable bonds is 3. The molecule has 0 spiro atoms. The first-order chi connectivity index (χ1) is 11.5. The molecule has 2 aromatic carbocycles. The molecular weight excluding hydrogens is 371 g/mol. The predicted octanol–water partition coefficient (Wildman–Crippen LogP) is 4.73. The van der Waals surface area contributed by atoms with Gasteiger partial charge in [0.15, 0.2) is 0 Å². The van der Waals surface area contributed by atoms with Gasteiger partial charge in [0, 0.05) is 16.6 Å². The number of nitrogens with two attached hydrogens (primary N) is 1. The Bertz CT molecular complexity index is 926. The van der Waals surface area contributed by atoms with Crippen LogP contribution < -0.4 is 16.6 Å². The zero-order valence-corrected chi connectivity index (χ0v) is 14.4. The number of halogens is 3. The lowest BCUT2D eigenvalue weighted by molar-refractivity contribution is 0.102. The standard InChI is InChI=1S/C16H11Cl3N4O/c17-8-6-9-12(23-20)4-5-21-15(9)13(7-8)22-16(24)14-10(18)2-1-3-11(14)19/h1-7H,20H2,(H,21,23)(H,22,24). The summed E-state index contributed by atoms with van der Waals surface area (Å²) in [6.07, 6.45) is 1.57. The number of hydrogen-bond acceptors (Lipinski definition) is 4. The minimum atomic E-state index is -0.456. The van der Waals surface area contributed by atoms with Crippen molar-refractivity contribution in [3.05, 3.63) is 63.2 Å². The second-order valence-corrected chi connectivity index (χ2v) is 6.15. The summed E-state index contributed by atoms with van der Waals surface area (Å²) in [4.78, 5) is 16.9. The first-order valence-corrected chi connectivity index (χ1v) is 7.95. The lowest BCUT2D eigenvalue weighted by atomic mass is 10.1. The summed E-state index contributed by atoms with van der Waals surface area (Å²) in [5, 5.41) is 4.36. The van der Waals surface area contributed by atoms with E-state index in [1.165, 1.54) is 0 Å². The van der Waals surface area contributed by atoms with Gasteiger partial charge in [-0.15, -0.1) is 0 Å². The largest absolute Gasteiger partial charge is 0.323 e. The van der Waals surface area contributed by atoms with Crippen LogP contribution in [0.25, 0.3) is 10.9 Å². The number of hydrazine groups is 1. The third-order valence-corrected chi connectivity index (χ3v) is 4.25. The van der Waals surface area contributed by atoms with E-state index < -0.39 is 5.91 Å². The number of nitrogens with one attached hydrogen (secondary N) is 2. The molecule has 1 aromatic heterocycles. The molecule has 0 aliphatic rings. The van der Waals surface area contributed by atoms with Crippen LogP contribution in [0.1, 0.15) is 10.4 Å². The molecule has 8 heteroatoms. The third kappa shape index (κ3) is 3.12. The molecule has 0 aliphatic carbocycles. The lowest BCUT2D eigenvalue weighted by Crippen LogP contribution is -2.14. The van der Waals surface area contributed by atoms with Gasteiger partial charge < -0.3 is 10.7 Å². The van der Waals surface area contributed by atoms with Crippen molar-refractivity contribution in [2.24, 2.45) is 5.84 Å². The number of aromatic nitrogens is 1. The molecule has 1 amide bonds. The number of fused-ring (bicyclic) bond motifs is 1. The molecule has 3 rings (SSSR count). The highest BCUT2D eigenvalue weighted by molar-refractivity contribution is 6.40. The SMILES string of the molecule is NNc1ccnc2c(NC(=O)c3c(Cl)cccc3Cl)cc(Cl)cc12. The monoisotopic (exact) mass is 380 g/mol. The highest BCUT2D eigenvalue weighted by Gasteiger charge is 2.17. The Balaban J connectivity index is 2.09. The second-order valence-electron chi connectivity index (χ2n) is 4.90. The summed E-state index contributed by atoms with van der Waals surface area (Å²) < 4.78 is 0. The Morgan fingerprint density at radius 3 is 2.42 bits per heavy atom. The first kappa shape index (κ1) is 16.8. The maximum Gasteiger partial charge on any atom is 0.258 e. The van der Waals surface area contributed by atoms with Crippen LogP contribution in [0, 0.1) is 0 Å². The molecular formula is C16H11Cl3N4O. The fraction of sp³-hybridized carbons (Fsp3) is 0. The van der Waals surface area contributed by atoms with Gasteiger partial charge in [0.25, 0.3) is 5.91 Å². The average Bonchev–Trinajstić information content (AvgIpc) is 2.54. The van der Waals surface area contributed by atoms with E-state index in [2.05, 4.69) is 15.7 Å². The molecule has 0 atom stereocenters. The quantitative estimate of drug-likeness (QED) is 0.452. The molecule has 0 radical (unpaired) electrons. The van der Waals surface area contributed by atoms with Crippen LogP contribution in [0.3, 0.4) is 0 Å². The molecule has 1 heterocycles. The van der Waals surface area contributed by atoms with Gasteiger partial charge in [-0.3, -0.25) is 15.6 Å². The first-order valence-electron chi connectivity index (χ1n) is 6.81. The molecule has 0 saturated heterocycles. The maximum atomic E-state index is 12.6. The zero-order chi connectivity index (χ0) is 17.3. The van der Waals surface area contributed by atoms with E-state index in [-0.39, 0.29) is 15.6 Å². The van der Waals surface area contributed by atoms with Gasteiger partial charge in [0.1, 0.15) is 0 Å². The fourth-order valence-electron chi connectivity index (χ4n) is 2.34. The number of nitrogens with zero attached hydrogens (tertiary/aromatic N) is 1. The van der Waals surface area contributed by atoms with Crippen LogP contribution in [0.4, 0.5) is 11.4 Å². The molecule has 0 unspecified atom stereocenters. The van der Waals surface area contributed by atoms with Gasteiger partial charge in [-0.25, -0.2) is 0 Å². The highest BCUT2D eigenvalue weighted by atomic mass is 35.5. The zero-order valence-electron chi connectivity index (χ0n) is 12.1. The summed E-state index contributed by atoms with van der Waals surface area (Å²) >= 11 is 18.3.